The molecule has 1 aromatic carbocycles. The second-order valence-corrected chi connectivity index (χ2v) is 4.48. The van der Waals surface area contributed by atoms with E-state index in [2.05, 4.69) is 11.9 Å². The van der Waals surface area contributed by atoms with Crippen LogP contribution in [0, 0.1) is 10.1 Å². The predicted octanol–water partition coefficient (Wildman–Crippen LogP) is 3.18. The van der Waals surface area contributed by atoms with E-state index in [4.69, 9.17) is 27.9 Å². The smallest absolute Gasteiger partial charge is 0.290 e. The van der Waals surface area contributed by atoms with E-state index in [1.54, 1.807) is 0 Å². The quantitative estimate of drug-likeness (QED) is 0.362. The summed E-state index contributed by atoms with van der Waals surface area (Å²) in [5.74, 6) is -0.467. The zero-order valence-electron chi connectivity index (χ0n) is 10.4. The molecule has 0 saturated carbocycles. The molecule has 6 nitrogen and oxygen atoms in total. The van der Waals surface area contributed by atoms with Crippen LogP contribution in [0.3, 0.4) is 0 Å². The maximum Gasteiger partial charge on any atom is 0.290 e. The molecule has 1 rings (SSSR count). The first-order chi connectivity index (χ1) is 9.47. The minimum Gasteiger partial charge on any atom is -0.502 e. The van der Waals surface area contributed by atoms with E-state index in [0.29, 0.717) is 19.6 Å². The number of ether oxygens (including phenoxy) is 1. The SMILES string of the molecule is C=COCCCNC(=O)c1cc(Cl)c(Cl)c([N+](=O)[O-])c1. The lowest BCUT2D eigenvalue weighted by atomic mass is 10.2. The van der Waals surface area contributed by atoms with E-state index in [1.807, 2.05) is 0 Å². The van der Waals surface area contributed by atoms with Gasteiger partial charge in [0.2, 0.25) is 0 Å². The molecular weight excluding hydrogens is 307 g/mol. The summed E-state index contributed by atoms with van der Waals surface area (Å²) in [5.41, 5.74) is -0.324. The lowest BCUT2D eigenvalue weighted by Crippen LogP contribution is -2.25. The number of benzene rings is 1. The molecule has 1 amide bonds. The highest BCUT2D eigenvalue weighted by Crippen LogP contribution is 2.32. The van der Waals surface area contributed by atoms with Crippen molar-refractivity contribution in [2.75, 3.05) is 13.2 Å². The van der Waals surface area contributed by atoms with Gasteiger partial charge in [0.25, 0.3) is 11.6 Å². The van der Waals surface area contributed by atoms with E-state index in [-0.39, 0.29) is 15.6 Å². The molecule has 0 spiro atoms. The molecule has 0 unspecified atom stereocenters. The minimum atomic E-state index is -0.692. The summed E-state index contributed by atoms with van der Waals surface area (Å²) in [6.45, 7) is 4.17. The second kappa shape index (κ2) is 7.72. The Labute approximate surface area is 125 Å². The first kappa shape index (κ1) is 16.3. The molecule has 0 aromatic heterocycles. The van der Waals surface area contributed by atoms with Gasteiger partial charge in [-0.05, 0) is 12.5 Å². The molecule has 0 bridgehead atoms. The highest BCUT2D eigenvalue weighted by Gasteiger charge is 2.19. The van der Waals surface area contributed by atoms with Crippen LogP contribution < -0.4 is 5.32 Å². The van der Waals surface area contributed by atoms with Crippen molar-refractivity contribution in [1.82, 2.24) is 5.32 Å². The number of rotatable bonds is 7. The molecule has 8 heteroatoms. The fraction of sp³-hybridized carbons (Fsp3) is 0.250. The average Bonchev–Trinajstić information content (AvgIpc) is 2.40. The number of nitrogens with zero attached hydrogens (tertiary/aromatic N) is 1. The van der Waals surface area contributed by atoms with Crippen molar-refractivity contribution in [3.63, 3.8) is 0 Å². The van der Waals surface area contributed by atoms with Crippen LogP contribution in [0.4, 0.5) is 5.69 Å². The minimum absolute atomic E-state index is 0.0407. The predicted molar refractivity (Wildman–Crippen MR) is 76.2 cm³/mol. The molecule has 0 fully saturated rings. The van der Waals surface area contributed by atoms with Crippen molar-refractivity contribution in [1.29, 1.82) is 0 Å². The Kier molecular flexibility index (Phi) is 6.27. The average molecular weight is 319 g/mol. The van der Waals surface area contributed by atoms with Crippen LogP contribution >= 0.6 is 23.2 Å². The molecule has 0 radical (unpaired) electrons. The van der Waals surface area contributed by atoms with Crippen molar-refractivity contribution in [2.24, 2.45) is 0 Å². The zero-order chi connectivity index (χ0) is 15.1. The van der Waals surface area contributed by atoms with Crippen LogP contribution in [0.5, 0.6) is 0 Å². The summed E-state index contributed by atoms with van der Waals surface area (Å²) < 4.78 is 4.89. The van der Waals surface area contributed by atoms with Gasteiger partial charge in [0.1, 0.15) is 5.02 Å². The molecule has 1 N–H and O–H groups in total. The number of carbonyl (C=O) groups excluding carboxylic acids is 1. The first-order valence-electron chi connectivity index (χ1n) is 5.61. The van der Waals surface area contributed by atoms with Gasteiger partial charge in [0.05, 0.1) is 22.8 Å². The Bertz CT molecular complexity index is 534. The number of halogens is 2. The Morgan fingerprint density at radius 3 is 2.80 bits per heavy atom. The topological polar surface area (TPSA) is 81.5 Å². The summed E-state index contributed by atoms with van der Waals surface area (Å²) in [7, 11) is 0. The molecule has 0 saturated heterocycles. The van der Waals surface area contributed by atoms with E-state index in [0.717, 1.165) is 6.07 Å². The number of carbonyl (C=O) groups is 1. The summed E-state index contributed by atoms with van der Waals surface area (Å²) in [5, 5.41) is 13.2. The Morgan fingerprint density at radius 1 is 1.50 bits per heavy atom. The zero-order valence-corrected chi connectivity index (χ0v) is 11.9. The Morgan fingerprint density at radius 2 is 2.20 bits per heavy atom. The standard InChI is InChI=1S/C12H12Cl2N2O4/c1-2-20-5-3-4-15-12(17)8-6-9(13)11(14)10(7-8)16(18)19/h2,6-7H,1,3-5H2,(H,15,17). The number of hydrogen-bond acceptors (Lipinski definition) is 4. The number of nitro groups is 1. The fourth-order valence-electron chi connectivity index (χ4n) is 1.38. The molecule has 20 heavy (non-hydrogen) atoms. The molecule has 1 aromatic rings. The highest BCUT2D eigenvalue weighted by molar-refractivity contribution is 6.43. The molecule has 0 atom stereocenters. The van der Waals surface area contributed by atoms with Gasteiger partial charge in [-0.15, -0.1) is 0 Å². The van der Waals surface area contributed by atoms with Gasteiger partial charge in [-0.25, -0.2) is 0 Å². The van der Waals surface area contributed by atoms with Crippen LogP contribution in [-0.2, 0) is 4.74 Å². The monoisotopic (exact) mass is 318 g/mol. The van der Waals surface area contributed by atoms with Crippen LogP contribution in [0.25, 0.3) is 0 Å². The molecule has 0 aliphatic rings. The van der Waals surface area contributed by atoms with Crippen LogP contribution in [0.15, 0.2) is 25.0 Å². The van der Waals surface area contributed by atoms with Gasteiger partial charge in [-0.1, -0.05) is 29.8 Å². The van der Waals surface area contributed by atoms with E-state index in [9.17, 15) is 14.9 Å². The first-order valence-corrected chi connectivity index (χ1v) is 6.37. The van der Waals surface area contributed by atoms with E-state index >= 15 is 0 Å². The largest absolute Gasteiger partial charge is 0.502 e. The van der Waals surface area contributed by atoms with Gasteiger partial charge in [0.15, 0.2) is 0 Å². The third-order valence-corrected chi connectivity index (χ3v) is 3.10. The summed E-state index contributed by atoms with van der Waals surface area (Å²) in [6.07, 6.45) is 1.89. The van der Waals surface area contributed by atoms with Crippen molar-refractivity contribution in [3.05, 3.63) is 50.7 Å². The van der Waals surface area contributed by atoms with Crippen LogP contribution in [-0.4, -0.2) is 24.0 Å². The molecule has 0 heterocycles. The number of nitro benzene ring substituents is 1. The van der Waals surface area contributed by atoms with Gasteiger partial charge in [0, 0.05) is 18.2 Å². The normalized spacial score (nSPS) is 9.90. The molecular formula is C12H12Cl2N2O4. The van der Waals surface area contributed by atoms with Crippen molar-refractivity contribution in [3.8, 4) is 0 Å². The van der Waals surface area contributed by atoms with Crippen molar-refractivity contribution in [2.45, 2.75) is 6.42 Å². The van der Waals surface area contributed by atoms with Crippen LogP contribution in [0.1, 0.15) is 16.8 Å². The van der Waals surface area contributed by atoms with E-state index < -0.39 is 16.5 Å². The van der Waals surface area contributed by atoms with Gasteiger partial charge in [-0.3, -0.25) is 14.9 Å². The summed E-state index contributed by atoms with van der Waals surface area (Å²) in [4.78, 5) is 21.9. The fourth-order valence-corrected chi connectivity index (χ4v) is 1.77. The molecule has 0 aliphatic carbocycles. The summed E-state index contributed by atoms with van der Waals surface area (Å²) in [6, 6.07) is 2.37. The highest BCUT2D eigenvalue weighted by atomic mass is 35.5. The lowest BCUT2D eigenvalue weighted by Gasteiger charge is -2.06. The molecule has 108 valence electrons. The maximum absolute atomic E-state index is 11.8. The van der Waals surface area contributed by atoms with E-state index in [1.165, 1.54) is 12.3 Å². The van der Waals surface area contributed by atoms with Gasteiger partial charge >= 0.3 is 0 Å². The van der Waals surface area contributed by atoms with Crippen molar-refractivity contribution < 1.29 is 14.5 Å². The Hall–Kier alpha value is -1.79. The number of hydrogen-bond donors (Lipinski definition) is 1. The third kappa shape index (κ3) is 4.40. The Balaban J connectivity index is 2.73. The van der Waals surface area contributed by atoms with Gasteiger partial charge < -0.3 is 10.1 Å². The van der Waals surface area contributed by atoms with Crippen LogP contribution in [0.2, 0.25) is 10.0 Å². The summed E-state index contributed by atoms with van der Waals surface area (Å²) >= 11 is 11.5. The van der Waals surface area contributed by atoms with Gasteiger partial charge in [-0.2, -0.15) is 0 Å². The third-order valence-electron chi connectivity index (χ3n) is 2.31. The number of amides is 1. The second-order valence-electron chi connectivity index (χ2n) is 3.70. The number of nitrogens with one attached hydrogen (secondary N) is 1. The lowest BCUT2D eigenvalue weighted by molar-refractivity contribution is -0.384. The molecule has 0 aliphatic heterocycles. The van der Waals surface area contributed by atoms with Crippen molar-refractivity contribution >= 4 is 34.8 Å². The maximum atomic E-state index is 11.8.